The highest BCUT2D eigenvalue weighted by molar-refractivity contribution is 8.08. The first kappa shape index (κ1) is 23.6. The number of ketones is 4. The van der Waals surface area contributed by atoms with Gasteiger partial charge in [-0.05, 0) is 0 Å². The smallest absolute Gasteiger partial charge is 0.322 e. The molecule has 2 aliphatic rings. The molecule has 0 saturated carbocycles. The Hall–Kier alpha value is -4.51. The molecule has 4 N–H and O–H groups in total. The maximum Gasteiger partial charge on any atom is 0.322 e. The SMILES string of the molecule is O=C(O)CNC1=C(SC2=C(NCC(=O)O)C(=O)c3ccccc3C2=O)C(=O)c2ccccc2C1=O. The molecule has 0 atom stereocenters. The van der Waals surface area contributed by atoms with E-state index in [2.05, 4.69) is 10.6 Å². The average molecular weight is 492 g/mol. The van der Waals surface area contributed by atoms with Gasteiger partial charge in [0.2, 0.25) is 23.1 Å². The van der Waals surface area contributed by atoms with Gasteiger partial charge in [0.15, 0.2) is 0 Å². The fourth-order valence-corrected chi connectivity index (χ4v) is 4.79. The number of carboxylic acid groups (broad SMARTS) is 2. The molecule has 0 radical (unpaired) electrons. The van der Waals surface area contributed by atoms with Crippen LogP contribution in [-0.2, 0) is 9.59 Å². The number of hydrogen-bond donors (Lipinski definition) is 4. The molecule has 0 aliphatic heterocycles. The molecular formula is C24H16N2O8S. The summed E-state index contributed by atoms with van der Waals surface area (Å²) in [6.07, 6.45) is 0. The van der Waals surface area contributed by atoms with Gasteiger partial charge in [-0.3, -0.25) is 28.8 Å². The van der Waals surface area contributed by atoms with E-state index in [1.807, 2.05) is 0 Å². The third kappa shape index (κ3) is 4.36. The summed E-state index contributed by atoms with van der Waals surface area (Å²) in [5.74, 6) is -5.19. The van der Waals surface area contributed by atoms with Crippen LogP contribution in [0.15, 0.2) is 69.7 Å². The number of thioether (sulfide) groups is 1. The lowest BCUT2D eigenvalue weighted by Gasteiger charge is -2.25. The van der Waals surface area contributed by atoms with Gasteiger partial charge in [-0.15, -0.1) is 0 Å². The molecule has 0 bridgehead atoms. The third-order valence-corrected chi connectivity index (χ3v) is 6.38. The molecule has 2 aromatic carbocycles. The van der Waals surface area contributed by atoms with Crippen LogP contribution in [0.1, 0.15) is 41.4 Å². The monoisotopic (exact) mass is 492 g/mol. The molecule has 2 aromatic rings. The van der Waals surface area contributed by atoms with Crippen LogP contribution < -0.4 is 10.6 Å². The van der Waals surface area contributed by atoms with Gasteiger partial charge < -0.3 is 20.8 Å². The Morgan fingerprint density at radius 2 is 0.914 bits per heavy atom. The highest BCUT2D eigenvalue weighted by Crippen LogP contribution is 2.40. The topological polar surface area (TPSA) is 167 Å². The van der Waals surface area contributed by atoms with Gasteiger partial charge in [0.1, 0.15) is 24.5 Å². The van der Waals surface area contributed by atoms with Crippen molar-refractivity contribution in [2.45, 2.75) is 0 Å². The summed E-state index contributed by atoms with van der Waals surface area (Å²) in [5, 5.41) is 23.1. The van der Waals surface area contributed by atoms with Crippen LogP contribution in [-0.4, -0.2) is 58.4 Å². The molecule has 0 amide bonds. The molecular weight excluding hydrogens is 476 g/mol. The van der Waals surface area contributed by atoms with Gasteiger partial charge in [0.05, 0.1) is 9.81 Å². The lowest BCUT2D eigenvalue weighted by Crippen LogP contribution is -2.34. The first-order chi connectivity index (χ1) is 16.7. The highest BCUT2D eigenvalue weighted by Gasteiger charge is 2.38. The molecule has 0 unspecified atom stereocenters. The van der Waals surface area contributed by atoms with Crippen molar-refractivity contribution >= 4 is 46.8 Å². The minimum absolute atomic E-state index is 0.0523. The fourth-order valence-electron chi connectivity index (χ4n) is 3.65. The van der Waals surface area contributed by atoms with E-state index in [1.54, 1.807) is 24.3 Å². The first-order valence-corrected chi connectivity index (χ1v) is 11.0. The van der Waals surface area contributed by atoms with Crippen LogP contribution in [0.25, 0.3) is 0 Å². The van der Waals surface area contributed by atoms with Crippen molar-refractivity contribution in [3.8, 4) is 0 Å². The normalized spacial score (nSPS) is 15.1. The van der Waals surface area contributed by atoms with Gasteiger partial charge in [-0.2, -0.15) is 0 Å². The summed E-state index contributed by atoms with van der Waals surface area (Å²) in [5.41, 5.74) is -0.433. The maximum absolute atomic E-state index is 13.3. The number of carbonyl (C=O) groups excluding carboxylic acids is 4. The lowest BCUT2D eigenvalue weighted by atomic mass is 9.92. The number of Topliss-reactive ketones (excluding diaryl/α,β-unsaturated/α-hetero) is 4. The number of aliphatic carboxylic acids is 2. The Labute approximate surface area is 201 Å². The summed E-state index contributed by atoms with van der Waals surface area (Å²) in [6, 6.07) is 11.9. The predicted molar refractivity (Wildman–Crippen MR) is 123 cm³/mol. The van der Waals surface area contributed by atoms with E-state index in [1.165, 1.54) is 24.3 Å². The minimum atomic E-state index is -1.29. The van der Waals surface area contributed by atoms with Crippen LogP contribution in [0.4, 0.5) is 0 Å². The zero-order valence-corrected chi connectivity index (χ0v) is 18.6. The zero-order chi connectivity index (χ0) is 25.3. The molecule has 0 saturated heterocycles. The van der Waals surface area contributed by atoms with Crippen molar-refractivity contribution in [2.24, 2.45) is 0 Å². The van der Waals surface area contributed by atoms with E-state index in [9.17, 15) is 28.8 Å². The molecule has 0 fully saturated rings. The second kappa shape index (κ2) is 9.39. The number of carbonyl (C=O) groups is 6. The predicted octanol–water partition coefficient (Wildman–Crippen LogP) is 1.65. The summed E-state index contributed by atoms with van der Waals surface area (Å²) in [4.78, 5) is 74.7. The molecule has 0 spiro atoms. The number of carboxylic acids is 2. The number of nitrogens with one attached hydrogen (secondary N) is 2. The van der Waals surface area contributed by atoms with Crippen molar-refractivity contribution in [2.75, 3.05) is 13.1 Å². The van der Waals surface area contributed by atoms with E-state index >= 15 is 0 Å². The van der Waals surface area contributed by atoms with Crippen LogP contribution in [0.3, 0.4) is 0 Å². The van der Waals surface area contributed by atoms with Crippen molar-refractivity contribution in [1.82, 2.24) is 10.6 Å². The Morgan fingerprint density at radius 1 is 0.600 bits per heavy atom. The molecule has 176 valence electrons. The Bertz CT molecular complexity index is 1300. The second-order valence-corrected chi connectivity index (χ2v) is 8.43. The Kier molecular flexibility index (Phi) is 6.34. The third-order valence-electron chi connectivity index (χ3n) is 5.19. The van der Waals surface area contributed by atoms with Crippen molar-refractivity contribution < 1.29 is 39.0 Å². The number of fused-ring (bicyclic) bond motifs is 2. The van der Waals surface area contributed by atoms with Crippen LogP contribution >= 0.6 is 11.8 Å². The van der Waals surface area contributed by atoms with E-state index in [0.717, 1.165) is 0 Å². The quantitative estimate of drug-likeness (QED) is 0.423. The Morgan fingerprint density at radius 3 is 1.23 bits per heavy atom. The fraction of sp³-hybridized carbons (Fsp3) is 0.0833. The van der Waals surface area contributed by atoms with E-state index < -0.39 is 48.2 Å². The summed E-state index contributed by atoms with van der Waals surface area (Å²) >= 11 is 0.520. The molecule has 0 heterocycles. The van der Waals surface area contributed by atoms with Gasteiger partial charge in [0.25, 0.3) is 0 Å². The second-order valence-electron chi connectivity index (χ2n) is 7.41. The van der Waals surface area contributed by atoms with Crippen molar-refractivity contribution in [3.63, 3.8) is 0 Å². The summed E-state index contributed by atoms with van der Waals surface area (Å²) < 4.78 is 0. The van der Waals surface area contributed by atoms with Crippen LogP contribution in [0, 0.1) is 0 Å². The van der Waals surface area contributed by atoms with Gasteiger partial charge in [0, 0.05) is 22.3 Å². The average Bonchev–Trinajstić information content (AvgIpc) is 2.84. The molecule has 10 nitrogen and oxygen atoms in total. The maximum atomic E-state index is 13.3. The van der Waals surface area contributed by atoms with Gasteiger partial charge >= 0.3 is 11.9 Å². The molecule has 11 heteroatoms. The van der Waals surface area contributed by atoms with Gasteiger partial charge in [-0.25, -0.2) is 0 Å². The largest absolute Gasteiger partial charge is 0.480 e. The van der Waals surface area contributed by atoms with E-state index in [4.69, 9.17) is 10.2 Å². The summed E-state index contributed by atoms with van der Waals surface area (Å²) in [6.45, 7) is -1.36. The van der Waals surface area contributed by atoms with E-state index in [0.29, 0.717) is 11.8 Å². The zero-order valence-electron chi connectivity index (χ0n) is 17.8. The molecule has 35 heavy (non-hydrogen) atoms. The Balaban J connectivity index is 1.87. The standard InChI is InChI=1S/C24H16N2O8S/c27-15(28)9-25-17-19(31)11-5-1-3-7-13(11)21(33)23(17)35-24-18(26-10-16(29)30)20(32)12-6-2-4-8-14(12)22(24)34/h1-8,25-26H,9-10H2,(H,27,28)(H,29,30). The number of benzene rings is 2. The highest BCUT2D eigenvalue weighted by atomic mass is 32.2. The molecule has 0 aromatic heterocycles. The van der Waals surface area contributed by atoms with Gasteiger partial charge in [-0.1, -0.05) is 60.3 Å². The first-order valence-electron chi connectivity index (χ1n) is 10.1. The van der Waals surface area contributed by atoms with Crippen LogP contribution in [0.2, 0.25) is 0 Å². The number of hydrogen-bond acceptors (Lipinski definition) is 9. The molecule has 4 rings (SSSR count). The summed E-state index contributed by atoms with van der Waals surface area (Å²) in [7, 11) is 0. The number of allylic oxidation sites excluding steroid dienone is 4. The molecule has 2 aliphatic carbocycles. The number of rotatable bonds is 8. The lowest BCUT2D eigenvalue weighted by molar-refractivity contribution is -0.136. The minimum Gasteiger partial charge on any atom is -0.480 e. The van der Waals surface area contributed by atoms with Crippen molar-refractivity contribution in [3.05, 3.63) is 92.0 Å². The van der Waals surface area contributed by atoms with Crippen molar-refractivity contribution in [1.29, 1.82) is 0 Å². The van der Waals surface area contributed by atoms with Crippen LogP contribution in [0.5, 0.6) is 0 Å². The van der Waals surface area contributed by atoms with E-state index in [-0.39, 0.29) is 43.5 Å².